The first-order valence-electron chi connectivity index (χ1n) is 8.46. The first-order chi connectivity index (χ1) is 11.0. The molecule has 134 valence electrons. The minimum Gasteiger partial charge on any atom is -0.339 e. The van der Waals surface area contributed by atoms with Crippen molar-refractivity contribution in [2.45, 2.75) is 45.6 Å². The topological polar surface area (TPSA) is 61.4 Å². The summed E-state index contributed by atoms with van der Waals surface area (Å²) in [6.07, 6.45) is 2.99. The summed E-state index contributed by atoms with van der Waals surface area (Å²) in [7, 11) is 0. The van der Waals surface area contributed by atoms with Crippen LogP contribution in [0.15, 0.2) is 24.3 Å². The first kappa shape index (κ1) is 20.5. The zero-order valence-electron chi connectivity index (χ0n) is 14.7. The quantitative estimate of drug-likeness (QED) is 0.855. The lowest BCUT2D eigenvalue weighted by atomic mass is 9.90. The van der Waals surface area contributed by atoms with Crippen LogP contribution in [-0.2, 0) is 4.79 Å². The molecule has 0 aliphatic carbocycles. The van der Waals surface area contributed by atoms with Gasteiger partial charge in [-0.1, -0.05) is 6.07 Å². The van der Waals surface area contributed by atoms with E-state index in [1.807, 2.05) is 32.9 Å². The van der Waals surface area contributed by atoms with Crippen LogP contribution in [0.25, 0.3) is 0 Å². The lowest BCUT2D eigenvalue weighted by Crippen LogP contribution is -2.54. The average Bonchev–Trinajstić information content (AvgIpc) is 2.56. The average molecular weight is 354 g/mol. The highest BCUT2D eigenvalue weighted by Gasteiger charge is 2.34. The van der Waals surface area contributed by atoms with Gasteiger partial charge in [0.1, 0.15) is 0 Å². The molecule has 1 fully saturated rings. The van der Waals surface area contributed by atoms with Gasteiger partial charge in [-0.3, -0.25) is 9.59 Å². The smallest absolute Gasteiger partial charge is 0.253 e. The van der Waals surface area contributed by atoms with E-state index in [9.17, 15) is 9.59 Å². The summed E-state index contributed by atoms with van der Waals surface area (Å²) in [4.78, 5) is 26.7. The molecule has 1 aliphatic heterocycles. The van der Waals surface area contributed by atoms with Crippen molar-refractivity contribution in [2.24, 2.45) is 0 Å². The van der Waals surface area contributed by atoms with E-state index in [1.54, 1.807) is 17.0 Å². The van der Waals surface area contributed by atoms with Gasteiger partial charge in [-0.25, -0.2) is 0 Å². The van der Waals surface area contributed by atoms with Crippen LogP contribution in [0.4, 0.5) is 5.69 Å². The van der Waals surface area contributed by atoms with Crippen molar-refractivity contribution in [2.75, 3.05) is 25.0 Å². The third-order valence-corrected chi connectivity index (χ3v) is 4.54. The molecule has 0 saturated carbocycles. The fourth-order valence-corrected chi connectivity index (χ4v) is 2.94. The number of piperidine rings is 1. The molecule has 1 aliphatic rings. The maximum atomic E-state index is 12.5. The second-order valence-electron chi connectivity index (χ2n) is 6.23. The van der Waals surface area contributed by atoms with Crippen LogP contribution in [0.5, 0.6) is 0 Å². The molecule has 0 bridgehead atoms. The fraction of sp³-hybridized carbons (Fsp3) is 0.556. The number of carbonyl (C=O) groups excluding carboxylic acids is 2. The number of carbonyl (C=O) groups is 2. The van der Waals surface area contributed by atoms with Gasteiger partial charge in [0, 0.05) is 24.3 Å². The van der Waals surface area contributed by atoms with E-state index >= 15 is 0 Å². The van der Waals surface area contributed by atoms with Gasteiger partial charge in [0.15, 0.2) is 0 Å². The minimum absolute atomic E-state index is 0. The summed E-state index contributed by atoms with van der Waals surface area (Å²) >= 11 is 0. The Labute approximate surface area is 150 Å². The predicted molar refractivity (Wildman–Crippen MR) is 99.8 cm³/mol. The number of nitrogens with zero attached hydrogens (tertiary/aromatic N) is 1. The number of amides is 2. The molecule has 1 heterocycles. The van der Waals surface area contributed by atoms with Crippen LogP contribution in [-0.4, -0.2) is 41.9 Å². The van der Waals surface area contributed by atoms with Crippen molar-refractivity contribution in [1.82, 2.24) is 10.2 Å². The molecule has 1 saturated heterocycles. The summed E-state index contributed by atoms with van der Waals surface area (Å²) in [6, 6.07) is 7.17. The molecular formula is C18H28ClN3O2. The molecule has 24 heavy (non-hydrogen) atoms. The molecule has 2 N–H and O–H groups in total. The molecule has 2 amide bonds. The van der Waals surface area contributed by atoms with Crippen molar-refractivity contribution in [3.8, 4) is 0 Å². The lowest BCUT2D eigenvalue weighted by molar-refractivity contribution is -0.122. The Hall–Kier alpha value is -1.59. The Morgan fingerprint density at radius 1 is 1.25 bits per heavy atom. The number of benzene rings is 1. The molecule has 1 unspecified atom stereocenters. The Bertz CT molecular complexity index is 567. The Kier molecular flexibility index (Phi) is 7.70. The van der Waals surface area contributed by atoms with Crippen molar-refractivity contribution in [3.63, 3.8) is 0 Å². The molecular weight excluding hydrogens is 326 g/mol. The zero-order chi connectivity index (χ0) is 16.9. The van der Waals surface area contributed by atoms with Crippen molar-refractivity contribution in [1.29, 1.82) is 0 Å². The predicted octanol–water partition coefficient (Wildman–Crippen LogP) is 3.06. The molecule has 1 aromatic rings. The van der Waals surface area contributed by atoms with Gasteiger partial charge in [-0.2, -0.15) is 0 Å². The van der Waals surface area contributed by atoms with Gasteiger partial charge < -0.3 is 15.5 Å². The van der Waals surface area contributed by atoms with E-state index < -0.39 is 5.54 Å². The summed E-state index contributed by atoms with van der Waals surface area (Å²) in [5.41, 5.74) is 0.742. The van der Waals surface area contributed by atoms with E-state index in [0.717, 1.165) is 25.8 Å². The number of nitrogens with one attached hydrogen (secondary N) is 2. The molecule has 2 rings (SSSR count). The fourth-order valence-electron chi connectivity index (χ4n) is 2.94. The second-order valence-corrected chi connectivity index (χ2v) is 6.23. The highest BCUT2D eigenvalue weighted by molar-refractivity contribution is 6.00. The van der Waals surface area contributed by atoms with Crippen LogP contribution in [0, 0.1) is 0 Å². The van der Waals surface area contributed by atoms with Crippen molar-refractivity contribution < 1.29 is 9.59 Å². The van der Waals surface area contributed by atoms with Crippen LogP contribution >= 0.6 is 12.4 Å². The molecule has 0 spiro atoms. The van der Waals surface area contributed by atoms with Gasteiger partial charge in [-0.15, -0.1) is 12.4 Å². The highest BCUT2D eigenvalue weighted by Crippen LogP contribution is 2.21. The van der Waals surface area contributed by atoms with E-state index in [4.69, 9.17) is 0 Å². The minimum atomic E-state index is -0.531. The summed E-state index contributed by atoms with van der Waals surface area (Å²) in [5, 5.41) is 6.25. The largest absolute Gasteiger partial charge is 0.339 e. The summed E-state index contributed by atoms with van der Waals surface area (Å²) in [6.45, 7) is 8.07. The van der Waals surface area contributed by atoms with Gasteiger partial charge in [0.25, 0.3) is 5.91 Å². The third-order valence-electron chi connectivity index (χ3n) is 4.54. The van der Waals surface area contributed by atoms with Crippen molar-refractivity contribution >= 4 is 29.9 Å². The number of hydrogen-bond acceptors (Lipinski definition) is 3. The van der Waals surface area contributed by atoms with Gasteiger partial charge in [0.2, 0.25) is 5.91 Å². The molecule has 0 radical (unpaired) electrons. The van der Waals surface area contributed by atoms with E-state index in [-0.39, 0.29) is 24.2 Å². The van der Waals surface area contributed by atoms with E-state index in [0.29, 0.717) is 24.3 Å². The Balaban J connectivity index is 0.00000288. The molecule has 0 aromatic heterocycles. The zero-order valence-corrected chi connectivity index (χ0v) is 15.5. The SMILES string of the molecule is CCN(CC)C(=O)c1cccc(NC(=O)C2(C)CCCCN2)c1.Cl. The number of halogens is 1. The molecule has 5 nitrogen and oxygen atoms in total. The number of hydrogen-bond donors (Lipinski definition) is 2. The lowest BCUT2D eigenvalue weighted by Gasteiger charge is -2.33. The first-order valence-corrected chi connectivity index (χ1v) is 8.46. The van der Waals surface area contributed by atoms with E-state index in [2.05, 4.69) is 10.6 Å². The second kappa shape index (κ2) is 9.04. The summed E-state index contributed by atoms with van der Waals surface area (Å²) < 4.78 is 0. The number of anilines is 1. The standard InChI is InChI=1S/C18H27N3O2.ClH/c1-4-21(5-2)16(22)14-9-8-10-15(13-14)20-17(23)18(3)11-6-7-12-19-18;/h8-10,13,19H,4-7,11-12H2,1-3H3,(H,20,23);1H. The third kappa shape index (κ3) is 4.71. The van der Waals surface area contributed by atoms with Crippen molar-refractivity contribution in [3.05, 3.63) is 29.8 Å². The molecule has 1 atom stereocenters. The molecule has 1 aromatic carbocycles. The van der Waals surface area contributed by atoms with Gasteiger partial charge >= 0.3 is 0 Å². The summed E-state index contributed by atoms with van der Waals surface area (Å²) in [5.74, 6) is -0.0438. The van der Waals surface area contributed by atoms with Gasteiger partial charge in [0.05, 0.1) is 5.54 Å². The van der Waals surface area contributed by atoms with E-state index in [1.165, 1.54) is 0 Å². The maximum absolute atomic E-state index is 12.5. The highest BCUT2D eigenvalue weighted by atomic mass is 35.5. The Morgan fingerprint density at radius 3 is 2.54 bits per heavy atom. The van der Waals surface area contributed by atoms with Crippen LogP contribution in [0.2, 0.25) is 0 Å². The maximum Gasteiger partial charge on any atom is 0.253 e. The van der Waals surface area contributed by atoms with Gasteiger partial charge in [-0.05, 0) is 64.8 Å². The van der Waals surface area contributed by atoms with Crippen LogP contribution < -0.4 is 10.6 Å². The number of rotatable bonds is 5. The normalized spacial score (nSPS) is 20.0. The monoisotopic (exact) mass is 353 g/mol. The van der Waals surface area contributed by atoms with Crippen LogP contribution in [0.3, 0.4) is 0 Å². The van der Waals surface area contributed by atoms with Crippen LogP contribution in [0.1, 0.15) is 50.4 Å². The molecule has 6 heteroatoms. The Morgan fingerprint density at radius 2 is 1.96 bits per heavy atom.